The first-order chi connectivity index (χ1) is 19.2. The highest BCUT2D eigenvalue weighted by atomic mass is 16.8. The molecule has 2 aliphatic heterocycles. The van der Waals surface area contributed by atoms with Crippen LogP contribution in [0.25, 0.3) is 10.9 Å². The first-order valence-corrected chi connectivity index (χ1v) is 14.6. The van der Waals surface area contributed by atoms with Crippen molar-refractivity contribution >= 4 is 22.8 Å². The molecule has 5 rings (SSSR count). The number of hydrogen-bond donors (Lipinski definition) is 2. The highest BCUT2D eigenvalue weighted by molar-refractivity contribution is 5.92. The van der Waals surface area contributed by atoms with Gasteiger partial charge in [0, 0.05) is 68.2 Å². The van der Waals surface area contributed by atoms with Crippen molar-refractivity contribution in [2.45, 2.75) is 77.7 Å². The van der Waals surface area contributed by atoms with Crippen LogP contribution in [0.3, 0.4) is 0 Å². The van der Waals surface area contributed by atoms with Crippen molar-refractivity contribution in [3.05, 3.63) is 54.0 Å². The van der Waals surface area contributed by atoms with Crippen LogP contribution in [0.15, 0.2) is 42.9 Å². The number of piperidine rings is 1. The Morgan fingerprint density at radius 3 is 2.59 bits per heavy atom. The summed E-state index contributed by atoms with van der Waals surface area (Å²) in [4.78, 5) is 28.8. The summed E-state index contributed by atoms with van der Waals surface area (Å²) in [7, 11) is 0. The summed E-state index contributed by atoms with van der Waals surface area (Å²) < 4.78 is 7.94. The summed E-state index contributed by atoms with van der Waals surface area (Å²) in [6.07, 6.45) is 12.4. The molecule has 0 bridgehead atoms. The number of amides is 1. The number of hydrogen-bond acceptors (Lipinski definition) is 7. The zero-order chi connectivity index (χ0) is 27.0. The Balaban J connectivity index is 1.07. The SMILES string of the molecule is CCC(CC)n1cc(CNCC2CCN(c3ncc(C(=O)NOC4CCCCO4)cn3)CC2)c2ccccc21. The Morgan fingerprint density at radius 2 is 1.87 bits per heavy atom. The number of aromatic nitrogens is 3. The number of hydroxylamine groups is 1. The summed E-state index contributed by atoms with van der Waals surface area (Å²) in [6.45, 7) is 8.91. The quantitative estimate of drug-likeness (QED) is 0.335. The van der Waals surface area contributed by atoms with Crippen LogP contribution >= 0.6 is 0 Å². The molecule has 210 valence electrons. The Bertz CT molecular complexity index is 1200. The van der Waals surface area contributed by atoms with Crippen LogP contribution < -0.4 is 15.7 Å². The second kappa shape index (κ2) is 13.4. The van der Waals surface area contributed by atoms with E-state index in [0.717, 1.165) is 71.1 Å². The van der Waals surface area contributed by atoms with Crippen molar-refractivity contribution < 1.29 is 14.4 Å². The van der Waals surface area contributed by atoms with Gasteiger partial charge in [-0.05, 0) is 62.6 Å². The third-order valence-corrected chi connectivity index (χ3v) is 8.13. The molecule has 1 aromatic carbocycles. The molecule has 2 N–H and O–H groups in total. The molecule has 2 fully saturated rings. The lowest BCUT2D eigenvalue weighted by atomic mass is 9.97. The third kappa shape index (κ3) is 6.77. The molecule has 9 heteroatoms. The molecule has 2 aliphatic rings. The molecule has 3 aromatic rings. The lowest BCUT2D eigenvalue weighted by Gasteiger charge is -2.32. The highest BCUT2D eigenvalue weighted by Crippen LogP contribution is 2.28. The van der Waals surface area contributed by atoms with Crippen molar-refractivity contribution in [3.8, 4) is 0 Å². The molecule has 0 aliphatic carbocycles. The molecule has 2 aromatic heterocycles. The molecular weight excluding hydrogens is 492 g/mol. The van der Waals surface area contributed by atoms with E-state index < -0.39 is 0 Å². The van der Waals surface area contributed by atoms with Gasteiger partial charge in [0.2, 0.25) is 5.95 Å². The standard InChI is InChI=1S/C30H42N6O3/c1-3-25(4-2)36-21-24(26-9-5-6-10-27(26)36)18-31-17-22-12-14-35(15-13-22)30-32-19-23(20-33-30)29(37)34-39-28-11-7-8-16-38-28/h5-6,9-10,19-22,25,28,31H,3-4,7-8,11-18H2,1-2H3,(H,34,37). The van der Waals surface area contributed by atoms with Crippen LogP contribution in [-0.2, 0) is 16.1 Å². The number of fused-ring (bicyclic) bond motifs is 1. The monoisotopic (exact) mass is 534 g/mol. The number of ether oxygens (including phenoxy) is 1. The van der Waals surface area contributed by atoms with E-state index in [2.05, 4.69) is 74.5 Å². The van der Waals surface area contributed by atoms with Gasteiger partial charge in [0.1, 0.15) is 0 Å². The largest absolute Gasteiger partial charge is 0.350 e. The fraction of sp³-hybridized carbons (Fsp3) is 0.567. The molecule has 1 unspecified atom stereocenters. The maximum Gasteiger partial charge on any atom is 0.278 e. The number of carbonyl (C=O) groups excluding carboxylic acids is 1. The van der Waals surface area contributed by atoms with E-state index in [0.29, 0.717) is 30.1 Å². The Hall–Kier alpha value is -3.01. The highest BCUT2D eigenvalue weighted by Gasteiger charge is 2.22. The van der Waals surface area contributed by atoms with Gasteiger partial charge in [-0.2, -0.15) is 0 Å². The second-order valence-corrected chi connectivity index (χ2v) is 10.7. The van der Waals surface area contributed by atoms with Crippen LogP contribution in [0.5, 0.6) is 0 Å². The van der Waals surface area contributed by atoms with Crippen LogP contribution in [-0.4, -0.2) is 53.0 Å². The number of rotatable bonds is 11. The number of nitrogens with one attached hydrogen (secondary N) is 2. The normalized spacial score (nSPS) is 18.6. The maximum absolute atomic E-state index is 12.4. The van der Waals surface area contributed by atoms with Crippen molar-refractivity contribution in [1.29, 1.82) is 0 Å². The van der Waals surface area contributed by atoms with Crippen molar-refractivity contribution in [2.24, 2.45) is 5.92 Å². The molecule has 9 nitrogen and oxygen atoms in total. The van der Waals surface area contributed by atoms with Gasteiger partial charge >= 0.3 is 0 Å². The predicted molar refractivity (Wildman–Crippen MR) is 152 cm³/mol. The minimum Gasteiger partial charge on any atom is -0.350 e. The summed E-state index contributed by atoms with van der Waals surface area (Å²) in [6, 6.07) is 9.31. The van der Waals surface area contributed by atoms with Gasteiger partial charge < -0.3 is 19.5 Å². The van der Waals surface area contributed by atoms with E-state index in [1.54, 1.807) is 12.4 Å². The van der Waals surface area contributed by atoms with E-state index in [4.69, 9.17) is 9.57 Å². The molecule has 2 saturated heterocycles. The van der Waals surface area contributed by atoms with Gasteiger partial charge in [0.15, 0.2) is 6.29 Å². The lowest BCUT2D eigenvalue weighted by molar-refractivity contribution is -0.186. The molecule has 0 radical (unpaired) electrons. The van der Waals surface area contributed by atoms with Gasteiger partial charge in [-0.25, -0.2) is 20.3 Å². The van der Waals surface area contributed by atoms with Crippen molar-refractivity contribution in [3.63, 3.8) is 0 Å². The zero-order valence-corrected chi connectivity index (χ0v) is 23.3. The Kier molecular flexibility index (Phi) is 9.44. The number of benzene rings is 1. The fourth-order valence-corrected chi connectivity index (χ4v) is 5.73. The Morgan fingerprint density at radius 1 is 1.10 bits per heavy atom. The number of nitrogens with zero attached hydrogens (tertiary/aromatic N) is 4. The molecule has 4 heterocycles. The van der Waals surface area contributed by atoms with Crippen LogP contribution in [0.2, 0.25) is 0 Å². The first-order valence-electron chi connectivity index (χ1n) is 14.6. The number of carbonyl (C=O) groups is 1. The first kappa shape index (κ1) is 27.6. The lowest BCUT2D eigenvalue weighted by Crippen LogP contribution is -2.38. The van der Waals surface area contributed by atoms with E-state index in [1.165, 1.54) is 16.5 Å². The minimum atomic E-state index is -0.381. The average molecular weight is 535 g/mol. The second-order valence-electron chi connectivity index (χ2n) is 10.7. The predicted octanol–water partition coefficient (Wildman–Crippen LogP) is 4.99. The van der Waals surface area contributed by atoms with Crippen molar-refractivity contribution in [2.75, 3.05) is 31.1 Å². The topological polar surface area (TPSA) is 93.5 Å². The van der Waals surface area contributed by atoms with Gasteiger partial charge in [-0.15, -0.1) is 0 Å². The maximum atomic E-state index is 12.4. The molecule has 0 spiro atoms. The van der Waals surface area contributed by atoms with Gasteiger partial charge in [-0.3, -0.25) is 4.79 Å². The number of anilines is 1. The zero-order valence-electron chi connectivity index (χ0n) is 23.3. The van der Waals surface area contributed by atoms with Gasteiger partial charge in [-0.1, -0.05) is 32.0 Å². The minimum absolute atomic E-state index is 0.358. The van der Waals surface area contributed by atoms with Gasteiger partial charge in [0.25, 0.3) is 5.91 Å². The molecular formula is C30H42N6O3. The average Bonchev–Trinajstić information content (AvgIpc) is 3.36. The summed E-state index contributed by atoms with van der Waals surface area (Å²) in [5, 5.41) is 5.09. The van der Waals surface area contributed by atoms with E-state index >= 15 is 0 Å². The van der Waals surface area contributed by atoms with E-state index in [9.17, 15) is 4.79 Å². The van der Waals surface area contributed by atoms with E-state index in [-0.39, 0.29) is 12.2 Å². The van der Waals surface area contributed by atoms with E-state index in [1.807, 2.05) is 0 Å². The van der Waals surface area contributed by atoms with Crippen LogP contribution in [0.4, 0.5) is 5.95 Å². The van der Waals surface area contributed by atoms with Crippen LogP contribution in [0, 0.1) is 5.92 Å². The smallest absolute Gasteiger partial charge is 0.278 e. The summed E-state index contributed by atoms with van der Waals surface area (Å²) in [5.74, 6) is 0.935. The molecule has 39 heavy (non-hydrogen) atoms. The van der Waals surface area contributed by atoms with Crippen LogP contribution in [0.1, 0.15) is 80.8 Å². The van der Waals surface area contributed by atoms with Crippen molar-refractivity contribution in [1.82, 2.24) is 25.3 Å². The molecule has 1 amide bonds. The number of para-hydroxylation sites is 1. The molecule has 0 saturated carbocycles. The molecule has 1 atom stereocenters. The summed E-state index contributed by atoms with van der Waals surface area (Å²) >= 11 is 0. The third-order valence-electron chi connectivity index (χ3n) is 8.13. The van der Waals surface area contributed by atoms with Gasteiger partial charge in [0.05, 0.1) is 5.56 Å². The Labute approximate surface area is 231 Å². The fourth-order valence-electron chi connectivity index (χ4n) is 5.73. The summed E-state index contributed by atoms with van der Waals surface area (Å²) in [5.41, 5.74) is 5.55.